The Kier molecular flexibility index (Phi) is 6.10. The summed E-state index contributed by atoms with van der Waals surface area (Å²) in [5, 5.41) is 11.4. The number of amidine groups is 1. The normalized spacial score (nSPS) is 11.6. The fourth-order valence-corrected chi connectivity index (χ4v) is 3.31. The minimum atomic E-state index is -0.0559. The molecule has 18 heavy (non-hydrogen) atoms. The van der Waals surface area contributed by atoms with Crippen molar-refractivity contribution in [1.82, 2.24) is 4.90 Å². The van der Waals surface area contributed by atoms with Crippen molar-refractivity contribution in [2.45, 2.75) is 13.3 Å². The van der Waals surface area contributed by atoms with Crippen LogP contribution in [0.5, 0.6) is 0 Å². The van der Waals surface area contributed by atoms with Crippen molar-refractivity contribution in [3.8, 4) is 0 Å². The fourth-order valence-electron chi connectivity index (χ4n) is 1.31. The van der Waals surface area contributed by atoms with Crippen LogP contribution in [0, 0.1) is 0 Å². The van der Waals surface area contributed by atoms with Crippen molar-refractivity contribution in [3.05, 3.63) is 19.2 Å². The van der Waals surface area contributed by atoms with Crippen molar-refractivity contribution in [1.29, 1.82) is 0 Å². The molecule has 0 saturated heterocycles. The summed E-state index contributed by atoms with van der Waals surface area (Å²) in [5.74, 6) is 0.0643. The van der Waals surface area contributed by atoms with Gasteiger partial charge in [-0.05, 0) is 44.8 Å². The molecule has 0 spiro atoms. The Morgan fingerprint density at radius 3 is 2.72 bits per heavy atom. The highest BCUT2D eigenvalue weighted by Crippen LogP contribution is 2.32. The van der Waals surface area contributed by atoms with Gasteiger partial charge in [0.2, 0.25) is 0 Å². The molecule has 0 fully saturated rings. The molecule has 1 aromatic heterocycles. The van der Waals surface area contributed by atoms with E-state index in [9.17, 15) is 4.79 Å². The minimum absolute atomic E-state index is 0.0559. The maximum atomic E-state index is 12.2. The number of hydrogen-bond acceptors (Lipinski definition) is 4. The standard InChI is InChI=1S/C10H13Br2N3O2S/c1-2-15(4-3-8(13)14-17)10(16)7-5-6(11)9(12)18-7/h5,17H,2-4H2,1H3,(H2,13,14). The molecule has 1 amide bonds. The van der Waals surface area contributed by atoms with Crippen LogP contribution in [0.4, 0.5) is 0 Å². The summed E-state index contributed by atoms with van der Waals surface area (Å²) in [6.45, 7) is 2.89. The van der Waals surface area contributed by atoms with Gasteiger partial charge in [-0.2, -0.15) is 0 Å². The van der Waals surface area contributed by atoms with Gasteiger partial charge in [0, 0.05) is 24.0 Å². The van der Waals surface area contributed by atoms with E-state index in [0.29, 0.717) is 24.4 Å². The molecule has 5 nitrogen and oxygen atoms in total. The molecule has 3 N–H and O–H groups in total. The fraction of sp³-hybridized carbons (Fsp3) is 0.400. The predicted octanol–water partition coefficient (Wildman–Crippen LogP) is 2.87. The molecule has 0 aliphatic rings. The summed E-state index contributed by atoms with van der Waals surface area (Å²) in [6.07, 6.45) is 0.351. The number of thiophene rings is 1. The summed E-state index contributed by atoms with van der Waals surface area (Å²) < 4.78 is 1.75. The Balaban J connectivity index is 2.73. The monoisotopic (exact) mass is 397 g/mol. The SMILES string of the molecule is CCN(CCC(N)=NO)C(=O)c1cc(Br)c(Br)s1. The number of carbonyl (C=O) groups is 1. The zero-order chi connectivity index (χ0) is 13.7. The summed E-state index contributed by atoms with van der Waals surface area (Å²) >= 11 is 8.08. The molecular formula is C10H13Br2N3O2S. The van der Waals surface area contributed by atoms with Crippen LogP contribution in [0.15, 0.2) is 19.5 Å². The van der Waals surface area contributed by atoms with Gasteiger partial charge in [0.05, 0.1) is 8.66 Å². The molecule has 100 valence electrons. The molecule has 0 aromatic carbocycles. The van der Waals surface area contributed by atoms with E-state index in [-0.39, 0.29) is 11.7 Å². The second-order valence-electron chi connectivity index (χ2n) is 3.46. The summed E-state index contributed by atoms with van der Waals surface area (Å²) in [4.78, 5) is 14.5. The van der Waals surface area contributed by atoms with E-state index in [1.165, 1.54) is 11.3 Å². The van der Waals surface area contributed by atoms with Gasteiger partial charge >= 0.3 is 0 Å². The predicted molar refractivity (Wildman–Crippen MR) is 79.3 cm³/mol. The zero-order valence-electron chi connectivity index (χ0n) is 9.69. The summed E-state index contributed by atoms with van der Waals surface area (Å²) in [6, 6.07) is 1.78. The Labute approximate surface area is 126 Å². The lowest BCUT2D eigenvalue weighted by molar-refractivity contribution is 0.0773. The van der Waals surface area contributed by atoms with Gasteiger partial charge < -0.3 is 15.8 Å². The van der Waals surface area contributed by atoms with Crippen LogP contribution in [-0.4, -0.2) is 34.9 Å². The number of amides is 1. The van der Waals surface area contributed by atoms with Gasteiger partial charge in [-0.1, -0.05) is 5.16 Å². The molecule has 0 unspecified atom stereocenters. The molecular weight excluding hydrogens is 386 g/mol. The molecule has 0 aliphatic heterocycles. The highest BCUT2D eigenvalue weighted by Gasteiger charge is 2.18. The number of carbonyl (C=O) groups excluding carboxylic acids is 1. The lowest BCUT2D eigenvalue weighted by Gasteiger charge is -2.19. The maximum Gasteiger partial charge on any atom is 0.264 e. The van der Waals surface area contributed by atoms with Crippen LogP contribution < -0.4 is 5.73 Å². The third-order valence-corrected chi connectivity index (χ3v) is 5.54. The van der Waals surface area contributed by atoms with Crippen LogP contribution >= 0.6 is 43.2 Å². The molecule has 0 radical (unpaired) electrons. The molecule has 8 heteroatoms. The third kappa shape index (κ3) is 3.96. The van der Waals surface area contributed by atoms with E-state index in [2.05, 4.69) is 37.0 Å². The van der Waals surface area contributed by atoms with Gasteiger partial charge in [-0.3, -0.25) is 4.79 Å². The first-order chi connectivity index (χ1) is 8.49. The Hall–Kier alpha value is -0.600. The van der Waals surface area contributed by atoms with Gasteiger partial charge in [0.15, 0.2) is 0 Å². The molecule has 1 rings (SSSR count). The number of nitrogens with two attached hydrogens (primary N) is 1. The first-order valence-electron chi connectivity index (χ1n) is 5.20. The van der Waals surface area contributed by atoms with Gasteiger partial charge in [0.25, 0.3) is 5.91 Å². The Morgan fingerprint density at radius 1 is 1.61 bits per heavy atom. The number of oxime groups is 1. The first kappa shape index (κ1) is 15.5. The van der Waals surface area contributed by atoms with E-state index in [1.54, 1.807) is 11.0 Å². The van der Waals surface area contributed by atoms with E-state index in [4.69, 9.17) is 10.9 Å². The number of rotatable bonds is 5. The van der Waals surface area contributed by atoms with Crippen molar-refractivity contribution >= 4 is 54.9 Å². The number of hydrogen-bond donors (Lipinski definition) is 2. The Morgan fingerprint density at radius 2 is 2.28 bits per heavy atom. The largest absolute Gasteiger partial charge is 0.409 e. The van der Waals surface area contributed by atoms with Crippen molar-refractivity contribution in [2.75, 3.05) is 13.1 Å². The van der Waals surface area contributed by atoms with E-state index < -0.39 is 0 Å². The lowest BCUT2D eigenvalue weighted by atomic mass is 10.3. The van der Waals surface area contributed by atoms with Crippen molar-refractivity contribution in [3.63, 3.8) is 0 Å². The van der Waals surface area contributed by atoms with E-state index in [0.717, 1.165) is 8.26 Å². The highest BCUT2D eigenvalue weighted by atomic mass is 79.9. The number of nitrogens with zero attached hydrogens (tertiary/aromatic N) is 2. The third-order valence-electron chi connectivity index (χ3n) is 2.29. The molecule has 0 bridgehead atoms. The van der Waals surface area contributed by atoms with Crippen LogP contribution in [0.1, 0.15) is 23.0 Å². The molecule has 0 atom stereocenters. The second-order valence-corrected chi connectivity index (χ2v) is 6.68. The van der Waals surface area contributed by atoms with Gasteiger partial charge in [-0.15, -0.1) is 11.3 Å². The minimum Gasteiger partial charge on any atom is -0.409 e. The average Bonchev–Trinajstić information content (AvgIpc) is 2.69. The first-order valence-corrected chi connectivity index (χ1v) is 7.60. The van der Waals surface area contributed by atoms with Crippen LogP contribution in [0.25, 0.3) is 0 Å². The summed E-state index contributed by atoms with van der Waals surface area (Å²) in [5.41, 5.74) is 5.39. The maximum absolute atomic E-state index is 12.2. The molecule has 0 saturated carbocycles. The second kappa shape index (κ2) is 7.10. The number of halogens is 2. The van der Waals surface area contributed by atoms with Crippen LogP contribution in [-0.2, 0) is 0 Å². The molecule has 1 aromatic rings. The van der Waals surface area contributed by atoms with Crippen LogP contribution in [0.3, 0.4) is 0 Å². The van der Waals surface area contributed by atoms with Crippen LogP contribution in [0.2, 0.25) is 0 Å². The molecule has 0 aliphatic carbocycles. The van der Waals surface area contributed by atoms with E-state index in [1.807, 2.05) is 6.92 Å². The Bertz CT molecular complexity index is 442. The summed E-state index contributed by atoms with van der Waals surface area (Å²) in [7, 11) is 0. The zero-order valence-corrected chi connectivity index (χ0v) is 13.7. The molecule has 1 heterocycles. The lowest BCUT2D eigenvalue weighted by Crippen LogP contribution is -2.33. The topological polar surface area (TPSA) is 78.9 Å². The average molecular weight is 399 g/mol. The van der Waals surface area contributed by atoms with Crippen molar-refractivity contribution in [2.24, 2.45) is 10.9 Å². The van der Waals surface area contributed by atoms with E-state index >= 15 is 0 Å². The quantitative estimate of drug-likeness (QED) is 0.346. The van der Waals surface area contributed by atoms with Crippen molar-refractivity contribution < 1.29 is 10.0 Å². The van der Waals surface area contributed by atoms with Gasteiger partial charge in [-0.25, -0.2) is 0 Å². The van der Waals surface area contributed by atoms with Gasteiger partial charge in [0.1, 0.15) is 5.84 Å². The highest BCUT2D eigenvalue weighted by molar-refractivity contribution is 9.13. The smallest absolute Gasteiger partial charge is 0.264 e.